The standard InChI is InChI=1S/C11H10ClNO4S/c1-7(6-13)17-11(14)9-5-8(18(2,15)16)3-4-10(9)12/h3-5,7H,1-2H3/t7-/m1/s1. The molecule has 0 heterocycles. The molecule has 1 aromatic rings. The molecular weight excluding hydrogens is 278 g/mol. The predicted molar refractivity (Wildman–Crippen MR) is 65.1 cm³/mol. The monoisotopic (exact) mass is 287 g/mol. The molecular formula is C11H10ClNO4S. The first-order valence-corrected chi connectivity index (χ1v) is 7.13. The lowest BCUT2D eigenvalue weighted by Gasteiger charge is -2.08. The van der Waals surface area contributed by atoms with Gasteiger partial charge in [-0.1, -0.05) is 11.6 Å². The van der Waals surface area contributed by atoms with Gasteiger partial charge in [0.15, 0.2) is 15.9 Å². The third-order valence-electron chi connectivity index (χ3n) is 2.05. The maximum Gasteiger partial charge on any atom is 0.340 e. The Kier molecular flexibility index (Phi) is 4.33. The molecule has 0 bridgehead atoms. The normalized spacial score (nSPS) is 12.6. The van der Waals surface area contributed by atoms with E-state index in [0.717, 1.165) is 12.3 Å². The Hall–Kier alpha value is -1.58. The number of carbonyl (C=O) groups excluding carboxylic acids is 1. The number of rotatable bonds is 3. The molecule has 0 spiro atoms. The third-order valence-corrected chi connectivity index (χ3v) is 3.49. The van der Waals surface area contributed by atoms with Crippen molar-refractivity contribution in [2.75, 3.05) is 6.26 Å². The molecule has 0 saturated heterocycles. The third kappa shape index (κ3) is 3.45. The Morgan fingerprint density at radius 3 is 2.61 bits per heavy atom. The van der Waals surface area contributed by atoms with Crippen LogP contribution in [0.5, 0.6) is 0 Å². The van der Waals surface area contributed by atoms with Gasteiger partial charge >= 0.3 is 5.97 Å². The molecule has 0 amide bonds. The van der Waals surface area contributed by atoms with Gasteiger partial charge in [0.1, 0.15) is 6.07 Å². The Morgan fingerprint density at radius 1 is 1.50 bits per heavy atom. The van der Waals surface area contributed by atoms with Crippen molar-refractivity contribution >= 4 is 27.4 Å². The highest BCUT2D eigenvalue weighted by molar-refractivity contribution is 7.90. The highest BCUT2D eigenvalue weighted by Gasteiger charge is 2.18. The van der Waals surface area contributed by atoms with Crippen LogP contribution in [0.2, 0.25) is 5.02 Å². The second-order valence-electron chi connectivity index (χ2n) is 3.59. The van der Waals surface area contributed by atoms with E-state index in [1.807, 2.05) is 0 Å². The molecule has 0 aliphatic carbocycles. The van der Waals surface area contributed by atoms with E-state index in [1.165, 1.54) is 19.1 Å². The van der Waals surface area contributed by atoms with E-state index in [2.05, 4.69) is 0 Å². The van der Waals surface area contributed by atoms with Gasteiger partial charge < -0.3 is 4.74 Å². The van der Waals surface area contributed by atoms with E-state index in [-0.39, 0.29) is 15.5 Å². The molecule has 0 aromatic heterocycles. The van der Waals surface area contributed by atoms with Gasteiger partial charge in [-0.05, 0) is 25.1 Å². The molecule has 5 nitrogen and oxygen atoms in total. The summed E-state index contributed by atoms with van der Waals surface area (Å²) in [7, 11) is -3.44. The smallest absolute Gasteiger partial charge is 0.340 e. The summed E-state index contributed by atoms with van der Waals surface area (Å²) < 4.78 is 27.5. The lowest BCUT2D eigenvalue weighted by atomic mass is 10.2. The van der Waals surface area contributed by atoms with Gasteiger partial charge in [0, 0.05) is 6.26 Å². The number of carbonyl (C=O) groups is 1. The second-order valence-corrected chi connectivity index (χ2v) is 6.01. The summed E-state index contributed by atoms with van der Waals surface area (Å²) in [6.07, 6.45) is 0.0824. The van der Waals surface area contributed by atoms with Crippen molar-refractivity contribution in [1.29, 1.82) is 5.26 Å². The van der Waals surface area contributed by atoms with E-state index < -0.39 is 21.9 Å². The fourth-order valence-electron chi connectivity index (χ4n) is 1.14. The Balaban J connectivity index is 3.17. The minimum atomic E-state index is -3.44. The minimum absolute atomic E-state index is 0.0385. The van der Waals surface area contributed by atoms with Crippen LogP contribution in [0.4, 0.5) is 0 Å². The number of nitrogens with zero attached hydrogens (tertiary/aromatic N) is 1. The van der Waals surface area contributed by atoms with Gasteiger partial charge in [-0.3, -0.25) is 0 Å². The summed E-state index contributed by atoms with van der Waals surface area (Å²) in [5.74, 6) is -0.834. The molecule has 0 aliphatic heterocycles. The number of ether oxygens (including phenoxy) is 1. The molecule has 96 valence electrons. The Bertz CT molecular complexity index is 618. The van der Waals surface area contributed by atoms with Crippen molar-refractivity contribution in [3.63, 3.8) is 0 Å². The van der Waals surface area contributed by atoms with Crippen molar-refractivity contribution in [2.24, 2.45) is 0 Å². The van der Waals surface area contributed by atoms with Crippen LogP contribution in [0.25, 0.3) is 0 Å². The highest BCUT2D eigenvalue weighted by atomic mass is 35.5. The average Bonchev–Trinajstić information content (AvgIpc) is 2.27. The molecule has 18 heavy (non-hydrogen) atoms. The van der Waals surface area contributed by atoms with Crippen LogP contribution in [0.15, 0.2) is 23.1 Å². The average molecular weight is 288 g/mol. The SMILES string of the molecule is C[C@H](C#N)OC(=O)c1cc(S(C)(=O)=O)ccc1Cl. The zero-order chi connectivity index (χ0) is 13.9. The quantitative estimate of drug-likeness (QED) is 0.792. The second kappa shape index (κ2) is 5.38. The summed E-state index contributed by atoms with van der Waals surface area (Å²) in [5.41, 5.74) is -0.0818. The summed E-state index contributed by atoms with van der Waals surface area (Å²) in [6, 6.07) is 5.45. The maximum atomic E-state index is 11.7. The van der Waals surface area contributed by atoms with Gasteiger partial charge in [-0.2, -0.15) is 5.26 Å². The highest BCUT2D eigenvalue weighted by Crippen LogP contribution is 2.21. The van der Waals surface area contributed by atoms with Crippen LogP contribution >= 0.6 is 11.6 Å². The largest absolute Gasteiger partial charge is 0.444 e. The van der Waals surface area contributed by atoms with E-state index in [1.54, 1.807) is 6.07 Å². The van der Waals surface area contributed by atoms with Gasteiger partial charge in [0.05, 0.1) is 15.5 Å². The van der Waals surface area contributed by atoms with E-state index in [9.17, 15) is 13.2 Å². The van der Waals surface area contributed by atoms with Crippen molar-refractivity contribution in [1.82, 2.24) is 0 Å². The summed E-state index contributed by atoms with van der Waals surface area (Å²) in [6.45, 7) is 1.40. The zero-order valence-corrected chi connectivity index (χ0v) is 11.2. The number of halogens is 1. The summed E-state index contributed by atoms with van der Waals surface area (Å²) in [5, 5.41) is 8.59. The summed E-state index contributed by atoms with van der Waals surface area (Å²) in [4.78, 5) is 11.6. The van der Waals surface area contributed by atoms with Gasteiger partial charge in [0.25, 0.3) is 0 Å². The van der Waals surface area contributed by atoms with Gasteiger partial charge in [0.2, 0.25) is 0 Å². The van der Waals surface area contributed by atoms with E-state index >= 15 is 0 Å². The molecule has 0 saturated carbocycles. The fourth-order valence-corrected chi connectivity index (χ4v) is 1.98. The number of benzene rings is 1. The van der Waals surface area contributed by atoms with Gasteiger partial charge in [-0.15, -0.1) is 0 Å². The molecule has 0 fully saturated rings. The number of hydrogen-bond acceptors (Lipinski definition) is 5. The van der Waals surface area contributed by atoms with Crippen molar-refractivity contribution in [3.05, 3.63) is 28.8 Å². The predicted octanol–water partition coefficient (Wildman–Crippen LogP) is 1.81. The topological polar surface area (TPSA) is 84.2 Å². The molecule has 1 rings (SSSR count). The molecule has 0 N–H and O–H groups in total. The summed E-state index contributed by atoms with van der Waals surface area (Å²) >= 11 is 5.79. The number of sulfone groups is 1. The maximum absolute atomic E-state index is 11.7. The zero-order valence-electron chi connectivity index (χ0n) is 9.68. The number of esters is 1. The van der Waals surface area contributed by atoms with E-state index in [0.29, 0.717) is 0 Å². The van der Waals surface area contributed by atoms with Crippen LogP contribution < -0.4 is 0 Å². The lowest BCUT2D eigenvalue weighted by Crippen LogP contribution is -2.14. The fraction of sp³-hybridized carbons (Fsp3) is 0.273. The number of nitriles is 1. The van der Waals surface area contributed by atoms with Crippen molar-refractivity contribution in [3.8, 4) is 6.07 Å². The first-order chi connectivity index (χ1) is 8.25. The molecule has 7 heteroatoms. The first-order valence-electron chi connectivity index (χ1n) is 4.86. The van der Waals surface area contributed by atoms with Crippen LogP contribution in [-0.4, -0.2) is 26.7 Å². The van der Waals surface area contributed by atoms with Crippen LogP contribution in [-0.2, 0) is 14.6 Å². The number of hydrogen-bond donors (Lipinski definition) is 0. The van der Waals surface area contributed by atoms with Crippen LogP contribution in [0, 0.1) is 11.3 Å². The van der Waals surface area contributed by atoms with Crippen LogP contribution in [0.1, 0.15) is 17.3 Å². The van der Waals surface area contributed by atoms with E-state index in [4.69, 9.17) is 21.6 Å². The Morgan fingerprint density at radius 2 is 2.11 bits per heavy atom. The molecule has 1 atom stereocenters. The van der Waals surface area contributed by atoms with Crippen molar-refractivity contribution in [2.45, 2.75) is 17.9 Å². The Labute approximate surface area is 110 Å². The molecule has 0 aliphatic rings. The lowest BCUT2D eigenvalue weighted by molar-refractivity contribution is 0.0435. The van der Waals surface area contributed by atoms with Crippen molar-refractivity contribution < 1.29 is 17.9 Å². The molecule has 0 unspecified atom stereocenters. The first kappa shape index (κ1) is 14.5. The molecule has 1 aromatic carbocycles. The van der Waals surface area contributed by atoms with Crippen LogP contribution in [0.3, 0.4) is 0 Å². The molecule has 0 radical (unpaired) electrons. The minimum Gasteiger partial charge on any atom is -0.444 e. The van der Waals surface area contributed by atoms with Gasteiger partial charge in [-0.25, -0.2) is 13.2 Å².